The van der Waals surface area contributed by atoms with E-state index in [9.17, 15) is 9.59 Å². The van der Waals surface area contributed by atoms with Gasteiger partial charge in [-0.15, -0.1) is 5.10 Å². The first-order valence-corrected chi connectivity index (χ1v) is 13.1. The molecule has 1 aromatic heterocycles. The Balaban J connectivity index is 0. The number of aromatic nitrogens is 4. The molecule has 0 radical (unpaired) electrons. The van der Waals surface area contributed by atoms with Gasteiger partial charge in [0.2, 0.25) is 0 Å². The van der Waals surface area contributed by atoms with Gasteiger partial charge in [-0.2, -0.15) is 0 Å². The maximum atomic E-state index is 10.9. The highest BCUT2D eigenvalue weighted by atomic mass is 32.1. The van der Waals surface area contributed by atoms with Crippen LogP contribution in [0.25, 0.3) is 0 Å². The molecule has 0 amide bonds. The molecule has 0 bridgehead atoms. The molecule has 1 N–H and O–H groups in total. The fourth-order valence-corrected chi connectivity index (χ4v) is 1.21. The summed E-state index contributed by atoms with van der Waals surface area (Å²) in [7, 11) is -0.611. The Kier molecular flexibility index (Phi) is 15.4. The molecular formula is C16H33N5O4SSi. The van der Waals surface area contributed by atoms with Crippen molar-refractivity contribution in [2.75, 3.05) is 19.8 Å². The molecule has 0 aliphatic carbocycles. The van der Waals surface area contributed by atoms with Gasteiger partial charge in [0, 0.05) is 8.07 Å². The first-order chi connectivity index (χ1) is 12.4. The molecule has 0 saturated carbocycles. The average Bonchev–Trinajstić information content (AvgIpc) is 2.90. The van der Waals surface area contributed by atoms with E-state index in [1.165, 1.54) is 4.68 Å². The van der Waals surface area contributed by atoms with Crippen molar-refractivity contribution < 1.29 is 19.1 Å². The maximum Gasteiger partial charge on any atom is 0.327 e. The Morgan fingerprint density at radius 3 is 1.96 bits per heavy atom. The zero-order valence-electron chi connectivity index (χ0n) is 17.7. The van der Waals surface area contributed by atoms with Gasteiger partial charge in [0.05, 0.1) is 18.2 Å². The highest BCUT2D eigenvalue weighted by molar-refractivity contribution is 7.80. The van der Waals surface area contributed by atoms with E-state index in [-0.39, 0.29) is 25.0 Å². The smallest absolute Gasteiger partial charge is 0.327 e. The topological polar surface area (TPSA) is 108 Å². The van der Waals surface area contributed by atoms with E-state index < -0.39 is 8.07 Å². The summed E-state index contributed by atoms with van der Waals surface area (Å²) in [5, 5.41) is 13.3. The first-order valence-electron chi connectivity index (χ1n) is 8.69. The van der Waals surface area contributed by atoms with Crippen LogP contribution in [-0.4, -0.2) is 65.0 Å². The number of carbonyl (C=O) groups excluding carboxylic acids is 2. The third-order valence-corrected chi connectivity index (χ3v) is 2.23. The lowest BCUT2D eigenvalue weighted by molar-refractivity contribution is -0.144. The van der Waals surface area contributed by atoms with Crippen molar-refractivity contribution in [3.63, 3.8) is 0 Å². The van der Waals surface area contributed by atoms with Gasteiger partial charge >= 0.3 is 11.9 Å². The van der Waals surface area contributed by atoms with Crippen LogP contribution in [0.4, 0.5) is 0 Å². The normalized spacial score (nSPS) is 9.78. The van der Waals surface area contributed by atoms with Crippen molar-refractivity contribution in [3.05, 3.63) is 5.82 Å². The number of rotatable bonds is 6. The fourth-order valence-electron chi connectivity index (χ4n) is 1.13. The molecule has 11 heteroatoms. The monoisotopic (exact) mass is 419 g/mol. The third-order valence-electron chi connectivity index (χ3n) is 2.08. The second-order valence-corrected chi connectivity index (χ2v) is 13.5. The van der Waals surface area contributed by atoms with Gasteiger partial charge in [0.15, 0.2) is 0 Å². The summed E-state index contributed by atoms with van der Waals surface area (Å²) in [6.45, 7) is 17.3. The molecule has 0 aliphatic heterocycles. The van der Waals surface area contributed by atoms with Crippen molar-refractivity contribution in [2.45, 2.75) is 60.4 Å². The highest BCUT2D eigenvalue weighted by Crippen LogP contribution is 1.94. The molecule has 9 nitrogen and oxygen atoms in total. The van der Waals surface area contributed by atoms with Crippen LogP contribution < -0.4 is 5.32 Å². The van der Waals surface area contributed by atoms with Crippen LogP contribution in [0.1, 0.15) is 26.6 Å². The van der Waals surface area contributed by atoms with E-state index in [1.807, 2.05) is 0 Å². The summed E-state index contributed by atoms with van der Waals surface area (Å²) < 4.78 is 10.7. The number of nitrogens with zero attached hydrogens (tertiary/aromatic N) is 4. The number of hydrogen-bond donors (Lipinski definition) is 1. The Morgan fingerprint density at radius 2 is 1.59 bits per heavy atom. The minimum absolute atomic E-state index is 0.0761. The molecule has 0 spiro atoms. The van der Waals surface area contributed by atoms with Gasteiger partial charge in [-0.05, 0) is 38.1 Å². The first kappa shape index (κ1) is 27.3. The Hall–Kier alpha value is -1.88. The number of aryl methyl sites for hydroxylation is 1. The van der Waals surface area contributed by atoms with Crippen LogP contribution in [0.5, 0.6) is 0 Å². The molecule has 1 rings (SSSR count). The number of nitrogens with one attached hydrogen (secondary N) is 1. The van der Waals surface area contributed by atoms with Gasteiger partial charge < -0.3 is 14.8 Å². The Labute approximate surface area is 168 Å². The molecule has 1 heterocycles. The van der Waals surface area contributed by atoms with Gasteiger partial charge in [0.1, 0.15) is 18.9 Å². The van der Waals surface area contributed by atoms with Crippen molar-refractivity contribution in [1.82, 2.24) is 25.5 Å². The number of hydrogen-bond acceptors (Lipinski definition) is 8. The number of esters is 2. The molecule has 156 valence electrons. The largest absolute Gasteiger partial charge is 0.465 e. The predicted octanol–water partition coefficient (Wildman–Crippen LogP) is 1.99. The second kappa shape index (κ2) is 15.2. The maximum absolute atomic E-state index is 10.9. The summed E-state index contributed by atoms with van der Waals surface area (Å²) in [6, 6.07) is 0. The third kappa shape index (κ3) is 22.1. The number of tetrazole rings is 1. The summed E-state index contributed by atoms with van der Waals surface area (Å²) in [5.74, 6) is 0.00246. The zero-order valence-corrected chi connectivity index (χ0v) is 19.5. The summed E-state index contributed by atoms with van der Waals surface area (Å²) in [4.78, 5) is 22.1. The SMILES string of the molecule is CCOC(=O)CNC(C)=S.CCOC(=O)Cn1nnnc1C.C[Si](C)(C)C. The minimum Gasteiger partial charge on any atom is -0.465 e. The molecule has 0 atom stereocenters. The second-order valence-electron chi connectivity index (χ2n) is 6.90. The highest BCUT2D eigenvalue weighted by Gasteiger charge is 2.06. The lowest BCUT2D eigenvalue weighted by Gasteiger charge is -2.02. The van der Waals surface area contributed by atoms with Crippen molar-refractivity contribution in [1.29, 1.82) is 0 Å². The molecule has 0 saturated heterocycles. The van der Waals surface area contributed by atoms with Gasteiger partial charge in [-0.25, -0.2) is 4.68 Å². The minimum atomic E-state index is -0.611. The molecular weight excluding hydrogens is 386 g/mol. The molecule has 0 aliphatic rings. The summed E-state index contributed by atoms with van der Waals surface area (Å²) in [5.41, 5.74) is 0. The molecule has 0 unspecified atom stereocenters. The van der Waals surface area contributed by atoms with E-state index >= 15 is 0 Å². The number of thiocarbonyl (C=S) groups is 1. The number of carbonyl (C=O) groups is 2. The molecule has 0 aromatic carbocycles. The number of ether oxygens (including phenoxy) is 2. The van der Waals surface area contributed by atoms with E-state index in [2.05, 4.69) is 64.0 Å². The summed E-state index contributed by atoms with van der Waals surface area (Å²) >= 11 is 4.68. The standard InChI is InChI=1S/C6H10N4O2.C6H11NO2S.C4H12Si/c1-3-12-6(11)4-10-5(2)7-8-9-10;1-3-9-6(8)4-7-5(2)10;1-5(2,3)4/h3-4H2,1-2H3;3-4H2,1-2H3,(H,7,10);1-4H3. The molecule has 1 aromatic rings. The fraction of sp³-hybridized carbons (Fsp3) is 0.750. The van der Waals surface area contributed by atoms with Crippen LogP contribution in [-0.2, 0) is 25.6 Å². The Morgan fingerprint density at radius 1 is 1.11 bits per heavy atom. The van der Waals surface area contributed by atoms with Crippen LogP contribution in [0.15, 0.2) is 0 Å². The quantitative estimate of drug-likeness (QED) is 0.420. The van der Waals surface area contributed by atoms with Crippen molar-refractivity contribution in [2.24, 2.45) is 0 Å². The van der Waals surface area contributed by atoms with Crippen LogP contribution in [0.2, 0.25) is 26.2 Å². The van der Waals surface area contributed by atoms with E-state index in [0.717, 1.165) is 0 Å². The van der Waals surface area contributed by atoms with E-state index in [4.69, 9.17) is 4.74 Å². The van der Waals surface area contributed by atoms with E-state index in [0.29, 0.717) is 24.0 Å². The van der Waals surface area contributed by atoms with Crippen LogP contribution >= 0.6 is 12.2 Å². The van der Waals surface area contributed by atoms with Gasteiger partial charge in [-0.3, -0.25) is 9.59 Å². The van der Waals surface area contributed by atoms with Crippen molar-refractivity contribution in [3.8, 4) is 0 Å². The predicted molar refractivity (Wildman–Crippen MR) is 111 cm³/mol. The zero-order chi connectivity index (χ0) is 21.5. The van der Waals surface area contributed by atoms with Gasteiger partial charge in [0.25, 0.3) is 0 Å². The van der Waals surface area contributed by atoms with Crippen LogP contribution in [0.3, 0.4) is 0 Å². The van der Waals surface area contributed by atoms with Gasteiger partial charge in [-0.1, -0.05) is 38.4 Å². The molecule has 27 heavy (non-hydrogen) atoms. The lowest BCUT2D eigenvalue weighted by atomic mass is 10.6. The average molecular weight is 420 g/mol. The molecule has 0 fully saturated rings. The van der Waals surface area contributed by atoms with Crippen LogP contribution in [0, 0.1) is 6.92 Å². The van der Waals surface area contributed by atoms with E-state index in [1.54, 1.807) is 27.7 Å². The summed E-state index contributed by atoms with van der Waals surface area (Å²) in [6.07, 6.45) is 0. The van der Waals surface area contributed by atoms with Crippen molar-refractivity contribution >= 4 is 37.2 Å². The Bertz CT molecular complexity index is 569. The lowest BCUT2D eigenvalue weighted by Crippen LogP contribution is -2.27.